The minimum atomic E-state index is -0.0959. The zero-order valence-electron chi connectivity index (χ0n) is 10.6. The van der Waals surface area contributed by atoms with Crippen molar-refractivity contribution in [3.8, 4) is 0 Å². The molecule has 1 N–H and O–H groups in total. The zero-order valence-corrected chi connectivity index (χ0v) is 11.4. The number of carbonyl (C=O) groups excluding carboxylic acids is 1. The summed E-state index contributed by atoms with van der Waals surface area (Å²) in [6.45, 7) is 3.05. The van der Waals surface area contributed by atoms with E-state index in [1.807, 2.05) is 19.1 Å². The Morgan fingerprint density at radius 1 is 1.50 bits per heavy atom. The van der Waals surface area contributed by atoms with Crippen molar-refractivity contribution in [2.75, 3.05) is 25.4 Å². The molecule has 0 radical (unpaired) electrons. The minimum Gasteiger partial charge on any atom is -0.395 e. The first-order valence-electron chi connectivity index (χ1n) is 6.37. The molecule has 0 spiro atoms. The zero-order chi connectivity index (χ0) is 13.0. The second kappa shape index (κ2) is 6.25. The highest BCUT2D eigenvalue weighted by molar-refractivity contribution is 8.00. The molecule has 1 atom stereocenters. The van der Waals surface area contributed by atoms with Crippen LogP contribution >= 0.6 is 11.8 Å². The predicted molar refractivity (Wildman–Crippen MR) is 74.7 cm³/mol. The van der Waals surface area contributed by atoms with Gasteiger partial charge >= 0.3 is 0 Å². The summed E-state index contributed by atoms with van der Waals surface area (Å²) in [6, 6.07) is 8.18. The molecule has 4 heteroatoms. The van der Waals surface area contributed by atoms with Crippen molar-refractivity contribution in [2.24, 2.45) is 0 Å². The van der Waals surface area contributed by atoms with Gasteiger partial charge in [0.1, 0.15) is 5.25 Å². The van der Waals surface area contributed by atoms with Crippen molar-refractivity contribution in [3.63, 3.8) is 0 Å². The molecule has 1 aliphatic rings. The number of hydrogen-bond donors (Lipinski definition) is 1. The second-order valence-corrected chi connectivity index (χ2v) is 5.55. The molecule has 98 valence electrons. The predicted octanol–water partition coefficient (Wildman–Crippen LogP) is 1.86. The third-order valence-electron chi connectivity index (χ3n) is 3.28. The summed E-state index contributed by atoms with van der Waals surface area (Å²) in [5.41, 5.74) is 2.43. The van der Waals surface area contributed by atoms with Gasteiger partial charge in [-0.25, -0.2) is 0 Å². The second-order valence-electron chi connectivity index (χ2n) is 4.34. The number of hydrogen-bond acceptors (Lipinski definition) is 3. The summed E-state index contributed by atoms with van der Waals surface area (Å²) in [5, 5.41) is 8.91. The SMILES string of the molecule is CCN(CCO)C(=O)C1SCCc2ccccc21. The number of amides is 1. The first-order valence-corrected chi connectivity index (χ1v) is 7.41. The minimum absolute atomic E-state index is 0.0264. The van der Waals surface area contributed by atoms with E-state index in [-0.39, 0.29) is 17.8 Å². The number of aliphatic hydroxyl groups is 1. The smallest absolute Gasteiger partial charge is 0.240 e. The molecule has 3 nitrogen and oxygen atoms in total. The van der Waals surface area contributed by atoms with E-state index in [0.717, 1.165) is 17.7 Å². The van der Waals surface area contributed by atoms with E-state index in [4.69, 9.17) is 5.11 Å². The van der Waals surface area contributed by atoms with Crippen LogP contribution in [0.25, 0.3) is 0 Å². The number of benzene rings is 1. The molecule has 2 rings (SSSR count). The highest BCUT2D eigenvalue weighted by Gasteiger charge is 2.29. The largest absolute Gasteiger partial charge is 0.395 e. The number of aryl methyl sites for hydroxylation is 1. The molecule has 1 aliphatic heterocycles. The first kappa shape index (κ1) is 13.4. The molecular weight excluding hydrogens is 246 g/mol. The van der Waals surface area contributed by atoms with Crippen molar-refractivity contribution in [3.05, 3.63) is 35.4 Å². The molecule has 18 heavy (non-hydrogen) atoms. The van der Waals surface area contributed by atoms with Crippen LogP contribution in [0.5, 0.6) is 0 Å². The molecular formula is C14H19NO2S. The Morgan fingerprint density at radius 2 is 2.28 bits per heavy atom. The number of thioether (sulfide) groups is 1. The molecule has 0 saturated heterocycles. The summed E-state index contributed by atoms with van der Waals surface area (Å²) in [7, 11) is 0. The lowest BCUT2D eigenvalue weighted by atomic mass is 10.0. The maximum Gasteiger partial charge on any atom is 0.240 e. The van der Waals surface area contributed by atoms with Crippen LogP contribution in [0, 0.1) is 0 Å². The highest BCUT2D eigenvalue weighted by Crippen LogP contribution is 2.37. The molecule has 0 fully saturated rings. The molecule has 1 amide bonds. The average molecular weight is 265 g/mol. The number of rotatable bonds is 4. The Hall–Kier alpha value is -1.00. The van der Waals surface area contributed by atoms with Gasteiger partial charge in [-0.3, -0.25) is 4.79 Å². The maximum absolute atomic E-state index is 12.5. The van der Waals surface area contributed by atoms with E-state index in [2.05, 4.69) is 12.1 Å². The first-order chi connectivity index (χ1) is 8.77. The lowest BCUT2D eigenvalue weighted by molar-refractivity contribution is -0.131. The number of nitrogens with zero attached hydrogens (tertiary/aromatic N) is 1. The fraction of sp³-hybridized carbons (Fsp3) is 0.500. The van der Waals surface area contributed by atoms with E-state index in [0.29, 0.717) is 13.1 Å². The Kier molecular flexibility index (Phi) is 4.66. The van der Waals surface area contributed by atoms with E-state index >= 15 is 0 Å². The summed E-state index contributed by atoms with van der Waals surface area (Å²) < 4.78 is 0. The standard InChI is InChI=1S/C14H19NO2S/c1-2-15(8-9-16)14(17)13-12-6-4-3-5-11(12)7-10-18-13/h3-6,13,16H,2,7-10H2,1H3. The summed E-state index contributed by atoms with van der Waals surface area (Å²) in [6.07, 6.45) is 1.04. The number of fused-ring (bicyclic) bond motifs is 1. The van der Waals surface area contributed by atoms with Gasteiger partial charge in [0.05, 0.1) is 6.61 Å². The van der Waals surface area contributed by atoms with Crippen LogP contribution in [-0.2, 0) is 11.2 Å². The Morgan fingerprint density at radius 3 is 3.00 bits per heavy atom. The molecule has 0 saturated carbocycles. The third-order valence-corrected chi connectivity index (χ3v) is 4.51. The van der Waals surface area contributed by atoms with Gasteiger partial charge in [0.15, 0.2) is 0 Å². The molecule has 1 aromatic rings. The quantitative estimate of drug-likeness (QED) is 0.903. The fourth-order valence-corrected chi connectivity index (χ4v) is 3.58. The van der Waals surface area contributed by atoms with Crippen molar-refractivity contribution >= 4 is 17.7 Å². The normalized spacial score (nSPS) is 18.2. The monoisotopic (exact) mass is 265 g/mol. The summed E-state index contributed by atoms with van der Waals surface area (Å²) in [5.74, 6) is 1.12. The van der Waals surface area contributed by atoms with E-state index in [1.165, 1.54) is 5.56 Å². The van der Waals surface area contributed by atoms with Crippen LogP contribution in [0.3, 0.4) is 0 Å². The number of likely N-dealkylation sites (N-methyl/N-ethyl adjacent to an activating group) is 1. The highest BCUT2D eigenvalue weighted by atomic mass is 32.2. The van der Waals surface area contributed by atoms with Gasteiger partial charge in [-0.15, -0.1) is 11.8 Å². The number of aliphatic hydroxyl groups excluding tert-OH is 1. The Bertz CT molecular complexity index is 422. The van der Waals surface area contributed by atoms with Gasteiger partial charge in [-0.2, -0.15) is 0 Å². The Labute approximate surface area is 112 Å². The van der Waals surface area contributed by atoms with Crippen LogP contribution in [0.15, 0.2) is 24.3 Å². The van der Waals surface area contributed by atoms with Crippen LogP contribution in [0.4, 0.5) is 0 Å². The third kappa shape index (κ3) is 2.70. The molecule has 0 aliphatic carbocycles. The van der Waals surface area contributed by atoms with Crippen molar-refractivity contribution in [1.29, 1.82) is 0 Å². The van der Waals surface area contributed by atoms with Crippen molar-refractivity contribution in [2.45, 2.75) is 18.6 Å². The molecule has 1 heterocycles. The Balaban J connectivity index is 2.21. The van der Waals surface area contributed by atoms with Gasteiger partial charge in [-0.05, 0) is 30.2 Å². The lowest BCUT2D eigenvalue weighted by Crippen LogP contribution is -2.37. The summed E-state index contributed by atoms with van der Waals surface area (Å²) in [4.78, 5) is 14.2. The fourth-order valence-electron chi connectivity index (χ4n) is 2.31. The van der Waals surface area contributed by atoms with E-state index in [9.17, 15) is 4.79 Å². The van der Waals surface area contributed by atoms with Gasteiger partial charge in [-0.1, -0.05) is 24.3 Å². The lowest BCUT2D eigenvalue weighted by Gasteiger charge is -2.29. The average Bonchev–Trinajstić information content (AvgIpc) is 2.43. The van der Waals surface area contributed by atoms with E-state index < -0.39 is 0 Å². The van der Waals surface area contributed by atoms with Crippen LogP contribution in [0.2, 0.25) is 0 Å². The van der Waals surface area contributed by atoms with E-state index in [1.54, 1.807) is 16.7 Å². The molecule has 1 aromatic carbocycles. The van der Waals surface area contributed by atoms with Gasteiger partial charge in [0, 0.05) is 13.1 Å². The van der Waals surface area contributed by atoms with Crippen LogP contribution in [0.1, 0.15) is 23.3 Å². The maximum atomic E-state index is 12.5. The van der Waals surface area contributed by atoms with Crippen molar-refractivity contribution in [1.82, 2.24) is 4.90 Å². The molecule has 0 bridgehead atoms. The number of carbonyl (C=O) groups is 1. The van der Waals surface area contributed by atoms with Gasteiger partial charge < -0.3 is 10.0 Å². The van der Waals surface area contributed by atoms with Crippen LogP contribution in [-0.4, -0.2) is 41.4 Å². The van der Waals surface area contributed by atoms with Crippen molar-refractivity contribution < 1.29 is 9.90 Å². The van der Waals surface area contributed by atoms with Gasteiger partial charge in [0.2, 0.25) is 5.91 Å². The molecule has 0 aromatic heterocycles. The van der Waals surface area contributed by atoms with Crippen LogP contribution < -0.4 is 0 Å². The molecule has 1 unspecified atom stereocenters. The van der Waals surface area contributed by atoms with Gasteiger partial charge in [0.25, 0.3) is 0 Å². The topological polar surface area (TPSA) is 40.5 Å². The summed E-state index contributed by atoms with van der Waals surface area (Å²) >= 11 is 1.71.